The molecule has 0 spiro atoms. The minimum atomic E-state index is -0.240. The molecule has 0 fully saturated rings. The molecule has 4 nitrogen and oxygen atoms in total. The number of nitrogens with one attached hydrogen (secondary N) is 1. The molecule has 0 saturated carbocycles. The lowest BCUT2D eigenvalue weighted by molar-refractivity contribution is 0.548. The van der Waals surface area contributed by atoms with Crippen LogP contribution < -0.4 is 10.9 Å². The van der Waals surface area contributed by atoms with Crippen LogP contribution in [0.5, 0.6) is 0 Å². The van der Waals surface area contributed by atoms with Gasteiger partial charge in [0.1, 0.15) is 0 Å². The van der Waals surface area contributed by atoms with Crippen LogP contribution in [0, 0.1) is 13.8 Å². The van der Waals surface area contributed by atoms with E-state index in [2.05, 4.69) is 54.7 Å². The Morgan fingerprint density at radius 1 is 0.923 bits per heavy atom. The molecule has 0 aliphatic carbocycles. The predicted molar refractivity (Wildman–Crippen MR) is 108 cm³/mol. The fourth-order valence-electron chi connectivity index (χ4n) is 3.01. The highest BCUT2D eigenvalue weighted by atomic mass is 16.1. The van der Waals surface area contributed by atoms with Gasteiger partial charge in [0.15, 0.2) is 0 Å². The maximum absolute atomic E-state index is 12.3. The molecule has 0 unspecified atom stereocenters. The monoisotopic (exact) mass is 347 g/mol. The molecule has 0 amide bonds. The fraction of sp³-hybridized carbons (Fsp3) is 0.273. The van der Waals surface area contributed by atoms with E-state index in [4.69, 9.17) is 0 Å². The molecule has 0 atom stereocenters. The van der Waals surface area contributed by atoms with Gasteiger partial charge in [-0.05, 0) is 37.1 Å². The number of rotatable bonds is 3. The lowest BCUT2D eigenvalue weighted by Gasteiger charge is -2.27. The summed E-state index contributed by atoms with van der Waals surface area (Å²) in [5.41, 5.74) is 4.63. The molecule has 26 heavy (non-hydrogen) atoms. The van der Waals surface area contributed by atoms with Crippen molar-refractivity contribution in [1.82, 2.24) is 9.55 Å². The third-order valence-electron chi connectivity index (χ3n) is 4.45. The molecule has 3 rings (SSSR count). The Balaban J connectivity index is 2.30. The Hall–Kier alpha value is -2.88. The standard InChI is InChI=1S/C22H25N3O/c1-15-10-6-8-12-17(15)23-21-24-20(26)14-19(22(3,4)5)25(21)18-13-9-7-11-16(18)2/h6-14H,1-5H3,(H,23,24,26). The van der Waals surface area contributed by atoms with Gasteiger partial charge in [0.2, 0.25) is 5.95 Å². The lowest BCUT2D eigenvalue weighted by Crippen LogP contribution is -2.26. The summed E-state index contributed by atoms with van der Waals surface area (Å²) in [7, 11) is 0. The second-order valence-corrected chi connectivity index (χ2v) is 7.62. The molecule has 0 aliphatic heterocycles. The number of hydrogen-bond donors (Lipinski definition) is 1. The summed E-state index contributed by atoms with van der Waals surface area (Å²) in [6, 6.07) is 17.8. The average molecular weight is 347 g/mol. The summed E-state index contributed by atoms with van der Waals surface area (Å²) in [5.74, 6) is 0.533. The molecule has 1 aromatic heterocycles. The minimum absolute atomic E-state index is 0.216. The third kappa shape index (κ3) is 3.54. The summed E-state index contributed by atoms with van der Waals surface area (Å²) in [6.45, 7) is 10.4. The van der Waals surface area contributed by atoms with Crippen molar-refractivity contribution >= 4 is 11.6 Å². The largest absolute Gasteiger partial charge is 0.325 e. The third-order valence-corrected chi connectivity index (χ3v) is 4.45. The number of anilines is 2. The Morgan fingerprint density at radius 3 is 2.15 bits per heavy atom. The van der Waals surface area contributed by atoms with Crippen molar-refractivity contribution in [3.05, 3.63) is 81.8 Å². The number of nitrogens with zero attached hydrogens (tertiary/aromatic N) is 2. The Bertz CT molecular complexity index is 997. The first-order chi connectivity index (χ1) is 12.3. The number of aryl methyl sites for hydroxylation is 2. The van der Waals surface area contributed by atoms with Gasteiger partial charge < -0.3 is 5.32 Å². The van der Waals surface area contributed by atoms with Crippen LogP contribution in [0.25, 0.3) is 5.69 Å². The number of benzene rings is 2. The smallest absolute Gasteiger partial charge is 0.274 e. The molecule has 0 aliphatic rings. The van der Waals surface area contributed by atoms with E-state index < -0.39 is 0 Å². The predicted octanol–water partition coefficient (Wildman–Crippen LogP) is 4.89. The zero-order valence-corrected chi connectivity index (χ0v) is 16.0. The van der Waals surface area contributed by atoms with Crippen LogP contribution in [0.15, 0.2) is 59.4 Å². The van der Waals surface area contributed by atoms with Crippen molar-refractivity contribution in [3.63, 3.8) is 0 Å². The zero-order valence-electron chi connectivity index (χ0n) is 16.0. The van der Waals surface area contributed by atoms with Gasteiger partial charge in [-0.25, -0.2) is 0 Å². The van der Waals surface area contributed by atoms with E-state index in [1.165, 1.54) is 0 Å². The van der Waals surface area contributed by atoms with E-state index in [0.29, 0.717) is 5.95 Å². The summed E-state index contributed by atoms with van der Waals surface area (Å²) >= 11 is 0. The van der Waals surface area contributed by atoms with Gasteiger partial charge in [0.05, 0.1) is 5.69 Å². The Labute approximate surface area is 154 Å². The summed E-state index contributed by atoms with van der Waals surface area (Å²) in [5, 5.41) is 3.37. The van der Waals surface area contributed by atoms with Gasteiger partial charge in [0.25, 0.3) is 5.56 Å². The number of hydrogen-bond acceptors (Lipinski definition) is 3. The van der Waals surface area contributed by atoms with Crippen molar-refractivity contribution in [3.8, 4) is 5.69 Å². The number of aromatic nitrogens is 2. The van der Waals surface area contributed by atoms with E-state index >= 15 is 0 Å². The van der Waals surface area contributed by atoms with E-state index in [0.717, 1.165) is 28.2 Å². The second-order valence-electron chi connectivity index (χ2n) is 7.62. The Kier molecular flexibility index (Phi) is 4.68. The quantitative estimate of drug-likeness (QED) is 0.734. The van der Waals surface area contributed by atoms with E-state index in [9.17, 15) is 4.79 Å². The van der Waals surface area contributed by atoms with Crippen LogP contribution in [0.4, 0.5) is 11.6 Å². The summed E-state index contributed by atoms with van der Waals surface area (Å²) in [6.07, 6.45) is 0. The van der Waals surface area contributed by atoms with Gasteiger partial charge in [-0.3, -0.25) is 9.36 Å². The zero-order chi connectivity index (χ0) is 18.9. The highest BCUT2D eigenvalue weighted by molar-refractivity contribution is 5.61. The molecule has 0 radical (unpaired) electrons. The van der Waals surface area contributed by atoms with Gasteiger partial charge in [0, 0.05) is 22.9 Å². The van der Waals surface area contributed by atoms with Crippen LogP contribution in [0.2, 0.25) is 0 Å². The van der Waals surface area contributed by atoms with Crippen LogP contribution in [0.3, 0.4) is 0 Å². The maximum Gasteiger partial charge on any atom is 0.274 e. The molecule has 2 aromatic carbocycles. The first kappa shape index (κ1) is 17.9. The molecule has 0 saturated heterocycles. The molecule has 1 heterocycles. The van der Waals surface area contributed by atoms with Crippen LogP contribution >= 0.6 is 0 Å². The Morgan fingerprint density at radius 2 is 1.54 bits per heavy atom. The van der Waals surface area contributed by atoms with Crippen LogP contribution in [-0.4, -0.2) is 9.55 Å². The van der Waals surface area contributed by atoms with Crippen molar-refractivity contribution in [2.24, 2.45) is 0 Å². The van der Waals surface area contributed by atoms with Crippen molar-refractivity contribution < 1.29 is 0 Å². The molecule has 134 valence electrons. The molecular formula is C22H25N3O. The molecule has 3 aromatic rings. The maximum atomic E-state index is 12.3. The highest BCUT2D eigenvalue weighted by Gasteiger charge is 2.23. The molecule has 4 heteroatoms. The molecular weight excluding hydrogens is 322 g/mol. The second kappa shape index (κ2) is 6.79. The average Bonchev–Trinajstić information content (AvgIpc) is 2.57. The molecule has 0 bridgehead atoms. The summed E-state index contributed by atoms with van der Waals surface area (Å²) < 4.78 is 2.06. The van der Waals surface area contributed by atoms with Crippen LogP contribution in [-0.2, 0) is 5.41 Å². The first-order valence-electron chi connectivity index (χ1n) is 8.80. The van der Waals surface area contributed by atoms with Gasteiger partial charge in [-0.2, -0.15) is 4.98 Å². The topological polar surface area (TPSA) is 46.9 Å². The van der Waals surface area contributed by atoms with E-state index in [1.54, 1.807) is 6.07 Å². The SMILES string of the molecule is Cc1ccccc1Nc1nc(=O)cc(C(C)(C)C)n1-c1ccccc1C. The van der Waals surface area contributed by atoms with Gasteiger partial charge >= 0.3 is 0 Å². The molecule has 1 N–H and O–H groups in total. The van der Waals surface area contributed by atoms with E-state index in [-0.39, 0.29) is 11.0 Å². The van der Waals surface area contributed by atoms with Gasteiger partial charge in [-0.1, -0.05) is 57.2 Å². The summed E-state index contributed by atoms with van der Waals surface area (Å²) in [4.78, 5) is 16.6. The van der Waals surface area contributed by atoms with Crippen molar-refractivity contribution in [1.29, 1.82) is 0 Å². The van der Waals surface area contributed by atoms with Crippen molar-refractivity contribution in [2.45, 2.75) is 40.0 Å². The fourth-order valence-corrected chi connectivity index (χ4v) is 3.01. The van der Waals surface area contributed by atoms with E-state index in [1.807, 2.05) is 43.3 Å². The highest BCUT2D eigenvalue weighted by Crippen LogP contribution is 2.29. The van der Waals surface area contributed by atoms with Gasteiger partial charge in [-0.15, -0.1) is 0 Å². The van der Waals surface area contributed by atoms with Crippen LogP contribution in [0.1, 0.15) is 37.6 Å². The first-order valence-corrected chi connectivity index (χ1v) is 8.80. The number of para-hydroxylation sites is 2. The normalized spacial score (nSPS) is 11.4. The lowest BCUT2D eigenvalue weighted by atomic mass is 9.91. The van der Waals surface area contributed by atoms with Crippen molar-refractivity contribution in [2.75, 3.05) is 5.32 Å². The minimum Gasteiger partial charge on any atom is -0.325 e.